The van der Waals surface area contributed by atoms with E-state index >= 15 is 0 Å². The molecule has 1 aliphatic carbocycles. The number of nitrogens with zero attached hydrogens (tertiary/aromatic N) is 1. The minimum Gasteiger partial charge on any atom is -0.492 e. The molecule has 0 saturated heterocycles. The zero-order valence-corrected chi connectivity index (χ0v) is 12.8. The molecule has 110 valence electrons. The molecule has 3 heteroatoms. The highest BCUT2D eigenvalue weighted by Gasteiger charge is 2.38. The van der Waals surface area contributed by atoms with Gasteiger partial charge in [-0.2, -0.15) is 0 Å². The summed E-state index contributed by atoms with van der Waals surface area (Å²) in [5.41, 5.74) is 1.31. The molecule has 3 rings (SSSR count). The zero-order valence-electron chi connectivity index (χ0n) is 12.8. The van der Waals surface area contributed by atoms with Crippen LogP contribution in [0.1, 0.15) is 31.9 Å². The minimum atomic E-state index is 0.379. The van der Waals surface area contributed by atoms with Crippen molar-refractivity contribution < 1.29 is 4.74 Å². The van der Waals surface area contributed by atoms with Crippen LogP contribution in [0, 0.1) is 11.8 Å². The average molecular weight is 274 g/mol. The molecule has 2 aliphatic rings. The van der Waals surface area contributed by atoms with Crippen LogP contribution in [0.2, 0.25) is 0 Å². The number of rotatable bonds is 5. The number of hydrogen-bond donors (Lipinski definition) is 1. The van der Waals surface area contributed by atoms with Crippen LogP contribution in [0.5, 0.6) is 5.75 Å². The lowest BCUT2D eigenvalue weighted by Gasteiger charge is -2.39. The molecule has 1 N–H and O–H groups in total. The van der Waals surface area contributed by atoms with Gasteiger partial charge >= 0.3 is 0 Å². The van der Waals surface area contributed by atoms with Crippen LogP contribution in [0.3, 0.4) is 0 Å². The standard InChI is InChI=1S/C17H26N2O/c1-4-18-17-14-7-5-6-8-16(14)20-11-15(17)19(3)10-13-9-12(13)2/h5-8,12-13,15,17-18H,4,9-11H2,1-3H3. The van der Waals surface area contributed by atoms with Gasteiger partial charge in [0.15, 0.2) is 0 Å². The first-order chi connectivity index (χ1) is 9.70. The first-order valence-corrected chi connectivity index (χ1v) is 7.86. The normalized spacial score (nSPS) is 31.8. The summed E-state index contributed by atoms with van der Waals surface area (Å²) in [7, 11) is 2.25. The van der Waals surface area contributed by atoms with E-state index in [1.54, 1.807) is 0 Å². The Morgan fingerprint density at radius 2 is 2.10 bits per heavy atom. The highest BCUT2D eigenvalue weighted by Crippen LogP contribution is 2.40. The summed E-state index contributed by atoms with van der Waals surface area (Å²) in [5.74, 6) is 2.84. The minimum absolute atomic E-state index is 0.379. The third-order valence-corrected chi connectivity index (χ3v) is 4.84. The maximum atomic E-state index is 5.98. The lowest BCUT2D eigenvalue weighted by atomic mass is 9.95. The molecule has 1 aromatic carbocycles. The van der Waals surface area contributed by atoms with Gasteiger partial charge in [0.1, 0.15) is 12.4 Å². The van der Waals surface area contributed by atoms with Gasteiger partial charge in [-0.25, -0.2) is 0 Å². The Morgan fingerprint density at radius 3 is 2.80 bits per heavy atom. The third kappa shape index (κ3) is 2.70. The summed E-state index contributed by atoms with van der Waals surface area (Å²) in [6.07, 6.45) is 1.39. The van der Waals surface area contributed by atoms with Crippen LogP contribution in [-0.4, -0.2) is 37.7 Å². The van der Waals surface area contributed by atoms with Gasteiger partial charge in [0.05, 0.1) is 12.1 Å². The van der Waals surface area contributed by atoms with Crippen LogP contribution >= 0.6 is 0 Å². The molecule has 4 unspecified atom stereocenters. The highest BCUT2D eigenvalue weighted by atomic mass is 16.5. The van der Waals surface area contributed by atoms with E-state index in [9.17, 15) is 0 Å². The van der Waals surface area contributed by atoms with Crippen molar-refractivity contribution in [2.24, 2.45) is 11.8 Å². The van der Waals surface area contributed by atoms with Gasteiger partial charge in [-0.15, -0.1) is 0 Å². The molecule has 1 aromatic rings. The van der Waals surface area contributed by atoms with E-state index in [1.807, 2.05) is 0 Å². The number of hydrogen-bond acceptors (Lipinski definition) is 3. The van der Waals surface area contributed by atoms with Crippen LogP contribution < -0.4 is 10.1 Å². The first kappa shape index (κ1) is 13.9. The van der Waals surface area contributed by atoms with E-state index in [-0.39, 0.29) is 0 Å². The Kier molecular flexibility index (Phi) is 3.99. The molecular weight excluding hydrogens is 248 g/mol. The molecule has 1 aliphatic heterocycles. The van der Waals surface area contributed by atoms with E-state index in [1.165, 1.54) is 18.5 Å². The Hall–Kier alpha value is -1.06. The third-order valence-electron chi connectivity index (χ3n) is 4.84. The van der Waals surface area contributed by atoms with Crippen molar-refractivity contribution in [2.75, 3.05) is 26.7 Å². The number of para-hydroxylation sites is 1. The summed E-state index contributed by atoms with van der Waals surface area (Å²) in [5, 5.41) is 3.65. The fourth-order valence-electron chi connectivity index (χ4n) is 3.35. The maximum Gasteiger partial charge on any atom is 0.124 e. The van der Waals surface area contributed by atoms with Crippen molar-refractivity contribution in [3.8, 4) is 5.75 Å². The van der Waals surface area contributed by atoms with Gasteiger partial charge in [-0.1, -0.05) is 32.0 Å². The van der Waals surface area contributed by atoms with Gasteiger partial charge < -0.3 is 10.1 Å². The Bertz CT molecular complexity index is 462. The fraction of sp³-hybridized carbons (Fsp3) is 0.647. The van der Waals surface area contributed by atoms with Gasteiger partial charge in [-0.3, -0.25) is 4.90 Å². The van der Waals surface area contributed by atoms with E-state index in [0.717, 1.165) is 30.7 Å². The first-order valence-electron chi connectivity index (χ1n) is 7.86. The average Bonchev–Trinajstić information content (AvgIpc) is 3.14. The van der Waals surface area contributed by atoms with Crippen molar-refractivity contribution in [1.82, 2.24) is 10.2 Å². The Morgan fingerprint density at radius 1 is 1.35 bits per heavy atom. The summed E-state index contributed by atoms with van der Waals surface area (Å²) in [6.45, 7) is 7.50. The molecule has 0 radical (unpaired) electrons. The Balaban J connectivity index is 1.76. The van der Waals surface area contributed by atoms with Gasteiger partial charge in [-0.05, 0) is 37.9 Å². The molecule has 1 heterocycles. The van der Waals surface area contributed by atoms with Gasteiger partial charge in [0, 0.05) is 12.1 Å². The lowest BCUT2D eigenvalue weighted by molar-refractivity contribution is 0.102. The van der Waals surface area contributed by atoms with Gasteiger partial charge in [0.2, 0.25) is 0 Å². The van der Waals surface area contributed by atoms with Crippen molar-refractivity contribution in [3.05, 3.63) is 29.8 Å². The summed E-state index contributed by atoms with van der Waals surface area (Å²) >= 11 is 0. The molecule has 0 aromatic heterocycles. The molecule has 4 atom stereocenters. The smallest absolute Gasteiger partial charge is 0.124 e. The molecule has 0 amide bonds. The zero-order chi connectivity index (χ0) is 14.1. The molecule has 1 fully saturated rings. The van der Waals surface area contributed by atoms with Gasteiger partial charge in [0.25, 0.3) is 0 Å². The SMILES string of the molecule is CCNC1c2ccccc2OCC1N(C)CC1CC1C. The number of ether oxygens (including phenoxy) is 1. The summed E-state index contributed by atoms with van der Waals surface area (Å²) < 4.78 is 5.98. The number of fused-ring (bicyclic) bond motifs is 1. The van der Waals surface area contributed by atoms with Crippen LogP contribution in [0.15, 0.2) is 24.3 Å². The van der Waals surface area contributed by atoms with Crippen LogP contribution in [-0.2, 0) is 0 Å². The predicted molar refractivity (Wildman–Crippen MR) is 82.0 cm³/mol. The van der Waals surface area contributed by atoms with Crippen LogP contribution in [0.4, 0.5) is 0 Å². The quantitative estimate of drug-likeness (QED) is 0.893. The van der Waals surface area contributed by atoms with E-state index in [2.05, 4.69) is 55.4 Å². The predicted octanol–water partition coefficient (Wildman–Crippen LogP) is 2.69. The van der Waals surface area contributed by atoms with Crippen molar-refractivity contribution in [2.45, 2.75) is 32.4 Å². The largest absolute Gasteiger partial charge is 0.492 e. The van der Waals surface area contributed by atoms with Crippen molar-refractivity contribution in [1.29, 1.82) is 0 Å². The summed E-state index contributed by atoms with van der Waals surface area (Å²) in [6, 6.07) is 9.25. The monoisotopic (exact) mass is 274 g/mol. The van der Waals surface area contributed by atoms with E-state index < -0.39 is 0 Å². The topological polar surface area (TPSA) is 24.5 Å². The van der Waals surface area contributed by atoms with Crippen molar-refractivity contribution in [3.63, 3.8) is 0 Å². The van der Waals surface area contributed by atoms with Crippen molar-refractivity contribution >= 4 is 0 Å². The molecule has 1 saturated carbocycles. The molecule has 0 bridgehead atoms. The lowest BCUT2D eigenvalue weighted by Crippen LogP contribution is -2.49. The second-order valence-electron chi connectivity index (χ2n) is 6.36. The number of benzene rings is 1. The number of likely N-dealkylation sites (N-methyl/N-ethyl adjacent to an activating group) is 2. The molecular formula is C17H26N2O. The van der Waals surface area contributed by atoms with E-state index in [4.69, 9.17) is 4.74 Å². The second-order valence-corrected chi connectivity index (χ2v) is 6.36. The summed E-state index contributed by atoms with van der Waals surface area (Å²) in [4.78, 5) is 2.50. The fourth-order valence-corrected chi connectivity index (χ4v) is 3.35. The number of nitrogens with one attached hydrogen (secondary N) is 1. The maximum absolute atomic E-state index is 5.98. The van der Waals surface area contributed by atoms with E-state index in [0.29, 0.717) is 12.1 Å². The Labute approximate surface area is 122 Å². The second kappa shape index (κ2) is 5.74. The van der Waals surface area contributed by atoms with Crippen LogP contribution in [0.25, 0.3) is 0 Å². The highest BCUT2D eigenvalue weighted by molar-refractivity contribution is 5.38. The molecule has 20 heavy (non-hydrogen) atoms. The molecule has 3 nitrogen and oxygen atoms in total. The molecule has 0 spiro atoms.